The third-order valence-electron chi connectivity index (χ3n) is 6.27. The molecule has 2 aromatic carbocycles. The van der Waals surface area contributed by atoms with Crippen molar-refractivity contribution in [3.05, 3.63) is 54.1 Å². The van der Waals surface area contributed by atoms with Gasteiger partial charge < -0.3 is 25.6 Å². The van der Waals surface area contributed by atoms with E-state index in [1.54, 1.807) is 7.11 Å². The van der Waals surface area contributed by atoms with Gasteiger partial charge in [0.15, 0.2) is 5.11 Å². The van der Waals surface area contributed by atoms with Crippen LogP contribution in [-0.4, -0.2) is 43.4 Å². The molecule has 1 heterocycles. The van der Waals surface area contributed by atoms with Crippen molar-refractivity contribution in [2.45, 2.75) is 44.7 Å². The first kappa shape index (κ1) is 23.1. The van der Waals surface area contributed by atoms with Crippen LogP contribution in [0.1, 0.15) is 31.2 Å². The van der Waals surface area contributed by atoms with Crippen LogP contribution in [0.3, 0.4) is 0 Å². The number of anilines is 3. The lowest BCUT2D eigenvalue weighted by atomic mass is 9.91. The predicted molar refractivity (Wildman–Crippen MR) is 143 cm³/mol. The molecule has 0 unspecified atom stereocenters. The molecule has 7 heteroatoms. The number of aryl methyl sites for hydroxylation is 1. The second-order valence-corrected chi connectivity index (χ2v) is 9.32. The molecule has 1 aliphatic carbocycles. The van der Waals surface area contributed by atoms with E-state index in [-0.39, 0.29) is 0 Å². The molecule has 33 heavy (non-hydrogen) atoms. The number of ether oxygens (including phenoxy) is 1. The second kappa shape index (κ2) is 10.3. The summed E-state index contributed by atoms with van der Waals surface area (Å²) in [6, 6.07) is 17.2. The molecule has 1 aromatic heterocycles. The lowest BCUT2D eigenvalue weighted by Gasteiger charge is -2.31. The summed E-state index contributed by atoms with van der Waals surface area (Å²) in [7, 11) is 5.83. The fourth-order valence-electron chi connectivity index (χ4n) is 4.44. The average Bonchev–Trinajstić information content (AvgIpc) is 2.81. The van der Waals surface area contributed by atoms with Crippen molar-refractivity contribution in [2.75, 3.05) is 36.7 Å². The van der Waals surface area contributed by atoms with Crippen molar-refractivity contribution in [1.82, 2.24) is 10.3 Å². The van der Waals surface area contributed by atoms with Crippen molar-refractivity contribution in [2.24, 2.45) is 0 Å². The molecule has 4 rings (SSSR count). The van der Waals surface area contributed by atoms with Gasteiger partial charge in [-0.2, -0.15) is 0 Å². The van der Waals surface area contributed by atoms with Crippen molar-refractivity contribution in [3.8, 4) is 5.75 Å². The summed E-state index contributed by atoms with van der Waals surface area (Å²) in [4.78, 5) is 7.00. The van der Waals surface area contributed by atoms with Crippen molar-refractivity contribution in [1.29, 1.82) is 0 Å². The normalized spacial score (nSPS) is 17.9. The minimum absolute atomic E-state index is 0.378. The van der Waals surface area contributed by atoms with E-state index in [1.807, 2.05) is 31.2 Å². The van der Waals surface area contributed by atoms with Crippen LogP contribution in [0.2, 0.25) is 0 Å². The topological polar surface area (TPSA) is 61.5 Å². The Balaban J connectivity index is 1.32. The number of rotatable bonds is 6. The molecule has 1 saturated carbocycles. The first-order valence-electron chi connectivity index (χ1n) is 11.5. The van der Waals surface area contributed by atoms with E-state index in [1.165, 1.54) is 11.1 Å². The Hall–Kier alpha value is -3.06. The first-order chi connectivity index (χ1) is 15.9. The lowest BCUT2D eigenvalue weighted by Crippen LogP contribution is -2.42. The number of hydrogen-bond donors (Lipinski definition) is 3. The maximum atomic E-state index is 5.57. The molecule has 0 atom stereocenters. The van der Waals surface area contributed by atoms with Gasteiger partial charge in [0.1, 0.15) is 11.6 Å². The highest BCUT2D eigenvalue weighted by molar-refractivity contribution is 7.80. The Labute approximate surface area is 201 Å². The van der Waals surface area contributed by atoms with Crippen molar-refractivity contribution >= 4 is 45.4 Å². The fourth-order valence-corrected chi connectivity index (χ4v) is 4.72. The number of hydrogen-bond acceptors (Lipinski definition) is 5. The largest absolute Gasteiger partial charge is 0.497 e. The Kier molecular flexibility index (Phi) is 7.18. The van der Waals surface area contributed by atoms with E-state index >= 15 is 0 Å². The molecule has 0 amide bonds. The predicted octanol–water partition coefficient (Wildman–Crippen LogP) is 5.33. The molecular weight excluding hydrogens is 430 g/mol. The van der Waals surface area contributed by atoms with Gasteiger partial charge in [0.05, 0.1) is 12.6 Å². The monoisotopic (exact) mass is 463 g/mol. The van der Waals surface area contributed by atoms with E-state index in [0.717, 1.165) is 54.0 Å². The second-order valence-electron chi connectivity index (χ2n) is 8.91. The number of methoxy groups -OCH3 is 1. The van der Waals surface area contributed by atoms with Gasteiger partial charge in [-0.25, -0.2) is 4.98 Å². The Bertz CT molecular complexity index is 1120. The molecule has 0 aliphatic heterocycles. The zero-order chi connectivity index (χ0) is 23.4. The number of para-hydroxylation sites is 1. The molecule has 0 saturated heterocycles. The molecule has 1 aliphatic rings. The van der Waals surface area contributed by atoms with Crippen LogP contribution >= 0.6 is 12.2 Å². The van der Waals surface area contributed by atoms with Gasteiger partial charge in [0.25, 0.3) is 0 Å². The molecule has 0 radical (unpaired) electrons. The quantitative estimate of drug-likeness (QED) is 0.427. The molecule has 0 spiro atoms. The summed E-state index contributed by atoms with van der Waals surface area (Å²) >= 11 is 5.57. The van der Waals surface area contributed by atoms with Crippen LogP contribution in [0.15, 0.2) is 48.5 Å². The minimum atomic E-state index is 0.378. The van der Waals surface area contributed by atoms with E-state index < -0.39 is 0 Å². The summed E-state index contributed by atoms with van der Waals surface area (Å²) in [6.45, 7) is 2.05. The van der Waals surface area contributed by atoms with Crippen LogP contribution in [0.4, 0.5) is 17.2 Å². The van der Waals surface area contributed by atoms with Gasteiger partial charge in [-0.15, -0.1) is 0 Å². The van der Waals surface area contributed by atoms with Gasteiger partial charge in [0.2, 0.25) is 0 Å². The molecule has 174 valence electrons. The summed E-state index contributed by atoms with van der Waals surface area (Å²) in [5.41, 5.74) is 4.31. The Morgan fingerprint density at radius 2 is 1.76 bits per heavy atom. The van der Waals surface area contributed by atoms with E-state index in [9.17, 15) is 0 Å². The smallest absolute Gasteiger partial charge is 0.171 e. The highest BCUT2D eigenvalue weighted by Crippen LogP contribution is 2.29. The zero-order valence-electron chi connectivity index (χ0n) is 19.8. The summed E-state index contributed by atoms with van der Waals surface area (Å²) < 4.78 is 5.28. The van der Waals surface area contributed by atoms with Crippen molar-refractivity contribution in [3.63, 3.8) is 0 Å². The van der Waals surface area contributed by atoms with Crippen LogP contribution in [0.25, 0.3) is 10.9 Å². The molecule has 6 nitrogen and oxygen atoms in total. The maximum Gasteiger partial charge on any atom is 0.171 e. The van der Waals surface area contributed by atoms with Gasteiger partial charge >= 0.3 is 0 Å². The zero-order valence-corrected chi connectivity index (χ0v) is 20.6. The van der Waals surface area contributed by atoms with Crippen LogP contribution in [0.5, 0.6) is 5.75 Å². The van der Waals surface area contributed by atoms with E-state index in [4.69, 9.17) is 21.9 Å². The highest BCUT2D eigenvalue weighted by Gasteiger charge is 2.22. The summed E-state index contributed by atoms with van der Waals surface area (Å²) in [5, 5.41) is 12.3. The number of thiocarbonyl (C=S) groups is 1. The number of aromatic nitrogens is 1. The number of pyridine rings is 1. The standard InChI is InChI=1S/C26H33N5OS/c1-17-15-20(32-4)13-14-22(17)30-26(33)28-19-11-9-18(10-12-19)27-25-16-24(31(2)3)21-7-5-6-8-23(21)29-25/h5-8,13-16,18-19H,9-12H2,1-4H3,(H,27,29)(H2,28,30,33). The summed E-state index contributed by atoms with van der Waals surface area (Å²) in [5.74, 6) is 1.79. The molecule has 3 aromatic rings. The van der Waals surface area contributed by atoms with E-state index in [0.29, 0.717) is 17.2 Å². The maximum absolute atomic E-state index is 5.57. The number of nitrogens with one attached hydrogen (secondary N) is 3. The van der Waals surface area contributed by atoms with Gasteiger partial charge in [0, 0.05) is 49.0 Å². The summed E-state index contributed by atoms with van der Waals surface area (Å²) in [6.07, 6.45) is 4.28. The number of fused-ring (bicyclic) bond motifs is 1. The Morgan fingerprint density at radius 3 is 2.45 bits per heavy atom. The van der Waals surface area contributed by atoms with Gasteiger partial charge in [-0.3, -0.25) is 0 Å². The minimum Gasteiger partial charge on any atom is -0.497 e. The molecule has 3 N–H and O–H groups in total. The van der Waals surface area contributed by atoms with Crippen LogP contribution in [0, 0.1) is 6.92 Å². The third-order valence-corrected chi connectivity index (χ3v) is 6.49. The highest BCUT2D eigenvalue weighted by atomic mass is 32.1. The average molecular weight is 464 g/mol. The van der Waals surface area contributed by atoms with Gasteiger partial charge in [-0.1, -0.05) is 18.2 Å². The Morgan fingerprint density at radius 1 is 1.03 bits per heavy atom. The van der Waals surface area contributed by atoms with Crippen molar-refractivity contribution < 1.29 is 4.74 Å². The molecule has 1 fully saturated rings. The number of nitrogens with zero attached hydrogens (tertiary/aromatic N) is 2. The SMILES string of the molecule is COc1ccc(NC(=S)NC2CCC(Nc3cc(N(C)C)c4ccccc4n3)CC2)c(C)c1. The van der Waals surface area contributed by atoms with E-state index in [2.05, 4.69) is 59.2 Å². The molecule has 0 bridgehead atoms. The first-order valence-corrected chi connectivity index (χ1v) is 11.9. The molecular formula is C26H33N5OS. The fraction of sp³-hybridized carbons (Fsp3) is 0.385. The third kappa shape index (κ3) is 5.66. The van der Waals surface area contributed by atoms with Crippen LogP contribution < -0.4 is 25.6 Å². The van der Waals surface area contributed by atoms with Crippen LogP contribution in [-0.2, 0) is 0 Å². The number of benzene rings is 2. The van der Waals surface area contributed by atoms with Gasteiger partial charge in [-0.05, 0) is 74.7 Å². The lowest BCUT2D eigenvalue weighted by molar-refractivity contribution is 0.388.